The number of nitrogens with zero attached hydrogens (tertiary/aromatic N) is 3. The van der Waals surface area contributed by atoms with Crippen LogP contribution in [-0.4, -0.2) is 33.3 Å². The summed E-state index contributed by atoms with van der Waals surface area (Å²) in [5.74, 6) is -1.90. The van der Waals surface area contributed by atoms with Crippen LogP contribution >= 0.6 is 0 Å². The summed E-state index contributed by atoms with van der Waals surface area (Å²) in [5.41, 5.74) is 7.90. The second kappa shape index (κ2) is 11.4. The molecular weight excluding hydrogens is 477 g/mol. The molecule has 2 aromatic heterocycles. The third-order valence-corrected chi connectivity index (χ3v) is 5.79. The molecule has 2 amide bonds. The van der Waals surface area contributed by atoms with E-state index in [1.54, 1.807) is 27.7 Å². The average molecular weight is 504 g/mol. The first kappa shape index (κ1) is 25.5. The smallest absolute Gasteiger partial charge is 0.255 e. The van der Waals surface area contributed by atoms with Crippen LogP contribution in [0.5, 0.6) is 0 Å². The summed E-state index contributed by atoms with van der Waals surface area (Å²) in [6.07, 6.45) is 3.34. The van der Waals surface area contributed by atoms with E-state index in [0.717, 1.165) is 11.1 Å². The third-order valence-electron chi connectivity index (χ3n) is 5.79. The minimum atomic E-state index is -0.779. The lowest BCUT2D eigenvalue weighted by atomic mass is 10.1. The van der Waals surface area contributed by atoms with Crippen molar-refractivity contribution in [1.82, 2.24) is 19.7 Å². The molecule has 0 aliphatic carbocycles. The van der Waals surface area contributed by atoms with E-state index in [2.05, 4.69) is 10.4 Å². The maximum Gasteiger partial charge on any atom is 0.255 e. The van der Waals surface area contributed by atoms with Gasteiger partial charge in [-0.1, -0.05) is 36.4 Å². The average Bonchev–Trinajstić information content (AvgIpc) is 3.28. The maximum absolute atomic E-state index is 14.3. The first-order valence-electron chi connectivity index (χ1n) is 11.5. The minimum Gasteiger partial charge on any atom is -0.378 e. The maximum atomic E-state index is 14.3. The van der Waals surface area contributed by atoms with Gasteiger partial charge >= 0.3 is 0 Å². The number of methoxy groups -OCH3 is 1. The molecule has 0 aliphatic heterocycles. The van der Waals surface area contributed by atoms with Crippen LogP contribution in [0.25, 0.3) is 0 Å². The number of hydrogen-bond donors (Lipinski definition) is 2. The third kappa shape index (κ3) is 6.17. The highest BCUT2D eigenvalue weighted by molar-refractivity contribution is 5.96. The lowest BCUT2D eigenvalue weighted by Crippen LogP contribution is -2.26. The normalized spacial score (nSPS) is 10.9. The number of primary amides is 1. The van der Waals surface area contributed by atoms with Gasteiger partial charge in [-0.15, -0.1) is 0 Å². The molecule has 4 aromatic rings. The summed E-state index contributed by atoms with van der Waals surface area (Å²) in [4.78, 5) is 36.5. The molecular formula is C27H26FN5O4. The fourth-order valence-corrected chi connectivity index (χ4v) is 3.93. The Labute approximate surface area is 212 Å². The van der Waals surface area contributed by atoms with E-state index in [1.807, 2.05) is 30.3 Å². The Kier molecular flexibility index (Phi) is 7.89. The van der Waals surface area contributed by atoms with Gasteiger partial charge in [0, 0.05) is 43.2 Å². The molecule has 0 aliphatic rings. The molecule has 0 unspecified atom stereocenters. The number of pyridine rings is 1. The summed E-state index contributed by atoms with van der Waals surface area (Å²) in [5, 5.41) is 7.11. The van der Waals surface area contributed by atoms with E-state index in [0.29, 0.717) is 18.8 Å². The highest BCUT2D eigenvalue weighted by Gasteiger charge is 2.19. The van der Waals surface area contributed by atoms with Gasteiger partial charge < -0.3 is 20.4 Å². The predicted octanol–water partition coefficient (Wildman–Crippen LogP) is 2.46. The Morgan fingerprint density at radius 3 is 2.41 bits per heavy atom. The molecule has 0 fully saturated rings. The zero-order valence-electron chi connectivity index (χ0n) is 20.2. The van der Waals surface area contributed by atoms with Crippen molar-refractivity contribution in [2.75, 3.05) is 7.11 Å². The van der Waals surface area contributed by atoms with Gasteiger partial charge in [-0.25, -0.2) is 4.39 Å². The molecule has 0 bridgehead atoms. The SMILES string of the molecule is COCc1nn(Cc2ccc(Cn3ccccc3=O)cc2)cc1C(=O)NCc1c(F)cccc1C(N)=O. The molecule has 37 heavy (non-hydrogen) atoms. The second-order valence-corrected chi connectivity index (χ2v) is 8.42. The number of nitrogens with one attached hydrogen (secondary N) is 1. The number of benzene rings is 2. The van der Waals surface area contributed by atoms with E-state index in [9.17, 15) is 18.8 Å². The summed E-state index contributed by atoms with van der Waals surface area (Å²) in [6, 6.07) is 16.8. The lowest BCUT2D eigenvalue weighted by molar-refractivity contribution is 0.0941. The molecule has 0 saturated carbocycles. The number of halogens is 1. The number of nitrogens with two attached hydrogens (primary N) is 1. The summed E-state index contributed by atoms with van der Waals surface area (Å²) in [7, 11) is 1.50. The van der Waals surface area contributed by atoms with Gasteiger partial charge in [0.25, 0.3) is 11.5 Å². The summed E-state index contributed by atoms with van der Waals surface area (Å²) in [6.45, 7) is 0.748. The van der Waals surface area contributed by atoms with Crippen LogP contribution in [0.1, 0.15) is 43.1 Å². The van der Waals surface area contributed by atoms with Crippen molar-refractivity contribution in [2.24, 2.45) is 5.73 Å². The standard InChI is InChI=1S/C27H26FN5O4/c1-37-17-24-22(27(36)30-13-21-20(26(29)35)5-4-6-23(21)28)16-33(31-24)15-19-10-8-18(9-11-19)14-32-12-3-2-7-25(32)34/h2-12,16H,13-15,17H2,1H3,(H2,29,35)(H,30,36). The molecule has 0 saturated heterocycles. The molecule has 0 atom stereocenters. The number of amides is 2. The van der Waals surface area contributed by atoms with Crippen molar-refractivity contribution < 1.29 is 18.7 Å². The topological polar surface area (TPSA) is 121 Å². The Bertz CT molecular complexity index is 1480. The summed E-state index contributed by atoms with van der Waals surface area (Å²) < 4.78 is 22.7. The first-order chi connectivity index (χ1) is 17.9. The van der Waals surface area contributed by atoms with Gasteiger partial charge in [-0.3, -0.25) is 19.1 Å². The minimum absolute atomic E-state index is 0.00805. The Hall–Kier alpha value is -4.57. The van der Waals surface area contributed by atoms with E-state index in [-0.39, 0.29) is 35.4 Å². The highest BCUT2D eigenvalue weighted by atomic mass is 19.1. The van der Waals surface area contributed by atoms with E-state index < -0.39 is 17.6 Å². The number of ether oxygens (including phenoxy) is 1. The lowest BCUT2D eigenvalue weighted by Gasteiger charge is -2.09. The van der Waals surface area contributed by atoms with Crippen LogP contribution in [0.2, 0.25) is 0 Å². The molecule has 0 radical (unpaired) electrons. The fourth-order valence-electron chi connectivity index (χ4n) is 3.93. The number of carbonyl (C=O) groups is 2. The predicted molar refractivity (Wildman–Crippen MR) is 134 cm³/mol. The Balaban J connectivity index is 1.47. The molecule has 3 N–H and O–H groups in total. The number of rotatable bonds is 10. The number of aromatic nitrogens is 3. The van der Waals surface area contributed by atoms with Gasteiger partial charge in [0.15, 0.2) is 0 Å². The van der Waals surface area contributed by atoms with Crippen LogP contribution < -0.4 is 16.6 Å². The molecule has 2 heterocycles. The first-order valence-corrected chi connectivity index (χ1v) is 11.5. The molecule has 10 heteroatoms. The van der Waals surface area contributed by atoms with Gasteiger partial charge in [-0.05, 0) is 29.3 Å². The van der Waals surface area contributed by atoms with Crippen LogP contribution in [0.15, 0.2) is 77.9 Å². The molecule has 4 rings (SSSR count). The monoisotopic (exact) mass is 503 g/mol. The van der Waals surface area contributed by atoms with E-state index in [1.165, 1.54) is 31.4 Å². The molecule has 0 spiro atoms. The van der Waals surface area contributed by atoms with Gasteiger partial charge in [0.2, 0.25) is 5.91 Å². The molecule has 9 nitrogen and oxygen atoms in total. The fraction of sp³-hybridized carbons (Fsp3) is 0.185. The Morgan fingerprint density at radius 2 is 1.73 bits per heavy atom. The van der Waals surface area contributed by atoms with Gasteiger partial charge in [0.1, 0.15) is 11.5 Å². The molecule has 2 aromatic carbocycles. The van der Waals surface area contributed by atoms with Crippen LogP contribution in [0.4, 0.5) is 4.39 Å². The van der Waals surface area contributed by atoms with Crippen molar-refractivity contribution in [3.63, 3.8) is 0 Å². The number of carbonyl (C=O) groups excluding carboxylic acids is 2. The second-order valence-electron chi connectivity index (χ2n) is 8.42. The largest absolute Gasteiger partial charge is 0.378 e. The van der Waals surface area contributed by atoms with Crippen LogP contribution in [-0.2, 0) is 31.0 Å². The quantitative estimate of drug-likeness (QED) is 0.344. The molecule has 190 valence electrons. The van der Waals surface area contributed by atoms with Crippen LogP contribution in [0, 0.1) is 5.82 Å². The van der Waals surface area contributed by atoms with Crippen molar-refractivity contribution in [3.05, 3.63) is 123 Å². The van der Waals surface area contributed by atoms with Crippen molar-refractivity contribution >= 4 is 11.8 Å². The van der Waals surface area contributed by atoms with Crippen molar-refractivity contribution in [1.29, 1.82) is 0 Å². The zero-order valence-corrected chi connectivity index (χ0v) is 20.2. The van der Waals surface area contributed by atoms with Gasteiger partial charge in [-0.2, -0.15) is 5.10 Å². The van der Waals surface area contributed by atoms with Gasteiger partial charge in [0.05, 0.1) is 25.3 Å². The van der Waals surface area contributed by atoms with E-state index >= 15 is 0 Å². The number of hydrogen-bond acceptors (Lipinski definition) is 5. The van der Waals surface area contributed by atoms with Crippen LogP contribution in [0.3, 0.4) is 0 Å². The van der Waals surface area contributed by atoms with Crippen molar-refractivity contribution in [2.45, 2.75) is 26.2 Å². The summed E-state index contributed by atoms with van der Waals surface area (Å²) >= 11 is 0. The highest BCUT2D eigenvalue weighted by Crippen LogP contribution is 2.15. The van der Waals surface area contributed by atoms with Crippen molar-refractivity contribution in [3.8, 4) is 0 Å². The Morgan fingerprint density at radius 1 is 1.00 bits per heavy atom. The van der Waals surface area contributed by atoms with E-state index in [4.69, 9.17) is 10.5 Å². The zero-order chi connectivity index (χ0) is 26.4.